The fourth-order valence-electron chi connectivity index (χ4n) is 2.71. The molecule has 0 bridgehead atoms. The number of esters is 1. The summed E-state index contributed by atoms with van der Waals surface area (Å²) in [7, 11) is 0. The van der Waals surface area contributed by atoms with Crippen molar-refractivity contribution in [3.63, 3.8) is 0 Å². The SMILES string of the molecule is CC(C)OC(=O)c1cccc(-n2ncc3c2COCC3=N[S+]([O-])C(C)(C)C)c1Cl. The van der Waals surface area contributed by atoms with Crippen LogP contribution in [0.2, 0.25) is 5.02 Å². The Hall–Kier alpha value is -1.87. The minimum Gasteiger partial charge on any atom is -0.591 e. The highest BCUT2D eigenvalue weighted by Gasteiger charge is 2.30. The van der Waals surface area contributed by atoms with Crippen LogP contribution in [0.4, 0.5) is 0 Å². The molecule has 0 saturated carbocycles. The van der Waals surface area contributed by atoms with Crippen molar-refractivity contribution in [1.82, 2.24) is 9.78 Å². The third-order valence-electron chi connectivity index (χ3n) is 4.14. The Balaban J connectivity index is 2.02. The Morgan fingerprint density at radius 1 is 1.38 bits per heavy atom. The van der Waals surface area contributed by atoms with Gasteiger partial charge in [-0.2, -0.15) is 5.10 Å². The van der Waals surface area contributed by atoms with Crippen molar-refractivity contribution < 1.29 is 18.8 Å². The molecule has 156 valence electrons. The van der Waals surface area contributed by atoms with Crippen molar-refractivity contribution in [2.75, 3.05) is 6.61 Å². The number of fused-ring (bicyclic) bond motifs is 1. The van der Waals surface area contributed by atoms with E-state index in [-0.39, 0.29) is 23.3 Å². The summed E-state index contributed by atoms with van der Waals surface area (Å²) in [5.74, 6) is -0.494. The summed E-state index contributed by atoms with van der Waals surface area (Å²) < 4.78 is 28.9. The Bertz CT molecular complexity index is 950. The van der Waals surface area contributed by atoms with Crippen LogP contribution in [0.25, 0.3) is 5.69 Å². The van der Waals surface area contributed by atoms with E-state index in [0.717, 1.165) is 11.3 Å². The van der Waals surface area contributed by atoms with Crippen molar-refractivity contribution in [3.8, 4) is 5.69 Å². The first-order valence-corrected chi connectivity index (χ1v) is 10.7. The van der Waals surface area contributed by atoms with E-state index in [0.29, 0.717) is 18.0 Å². The molecule has 0 aliphatic carbocycles. The fraction of sp³-hybridized carbons (Fsp3) is 0.450. The molecule has 1 aliphatic heterocycles. The minimum atomic E-state index is -1.41. The summed E-state index contributed by atoms with van der Waals surface area (Å²) >= 11 is 5.11. The molecule has 2 aromatic rings. The predicted octanol–water partition coefficient (Wildman–Crippen LogP) is 3.87. The lowest BCUT2D eigenvalue weighted by molar-refractivity contribution is 0.0378. The highest BCUT2D eigenvalue weighted by molar-refractivity contribution is 7.91. The molecule has 0 saturated heterocycles. The minimum absolute atomic E-state index is 0.242. The fourth-order valence-corrected chi connectivity index (χ4v) is 3.62. The summed E-state index contributed by atoms with van der Waals surface area (Å²) in [5.41, 5.74) is 2.88. The molecule has 0 fully saturated rings. The van der Waals surface area contributed by atoms with Crippen LogP contribution in [0.1, 0.15) is 56.2 Å². The molecule has 0 radical (unpaired) electrons. The van der Waals surface area contributed by atoms with E-state index >= 15 is 0 Å². The summed E-state index contributed by atoms with van der Waals surface area (Å²) in [6.45, 7) is 9.70. The van der Waals surface area contributed by atoms with Gasteiger partial charge in [-0.3, -0.25) is 0 Å². The maximum Gasteiger partial charge on any atom is 0.339 e. The second-order valence-electron chi connectivity index (χ2n) is 7.90. The maximum absolute atomic E-state index is 12.4. The predicted molar refractivity (Wildman–Crippen MR) is 113 cm³/mol. The van der Waals surface area contributed by atoms with Gasteiger partial charge < -0.3 is 14.0 Å². The van der Waals surface area contributed by atoms with Crippen molar-refractivity contribution in [2.24, 2.45) is 4.40 Å². The number of halogens is 1. The van der Waals surface area contributed by atoms with Crippen LogP contribution < -0.4 is 0 Å². The van der Waals surface area contributed by atoms with Gasteiger partial charge in [0, 0.05) is 5.56 Å². The van der Waals surface area contributed by atoms with Crippen LogP contribution in [0, 0.1) is 0 Å². The molecule has 1 unspecified atom stereocenters. The molecule has 1 aliphatic rings. The van der Waals surface area contributed by atoms with Gasteiger partial charge in [0.15, 0.2) is 0 Å². The molecule has 2 heterocycles. The standard InChI is InChI=1S/C20H24ClN3O4S/c1-12(2)28-19(25)13-7-6-8-16(18(13)21)24-17-11-27-10-15(14(17)9-22-24)23-29(26)20(3,4)5/h6-9,12H,10-11H2,1-5H3. The monoisotopic (exact) mass is 437 g/mol. The van der Waals surface area contributed by atoms with E-state index < -0.39 is 22.1 Å². The third kappa shape index (κ3) is 4.66. The van der Waals surface area contributed by atoms with Gasteiger partial charge in [-0.1, -0.05) is 22.1 Å². The third-order valence-corrected chi connectivity index (χ3v) is 5.97. The van der Waals surface area contributed by atoms with Gasteiger partial charge in [-0.15, -0.1) is 0 Å². The maximum atomic E-state index is 12.4. The highest BCUT2D eigenvalue weighted by Crippen LogP contribution is 2.29. The lowest BCUT2D eigenvalue weighted by Gasteiger charge is -2.21. The highest BCUT2D eigenvalue weighted by atomic mass is 35.5. The van der Waals surface area contributed by atoms with Gasteiger partial charge in [0.1, 0.15) is 21.8 Å². The number of nitrogens with zero attached hydrogens (tertiary/aromatic N) is 3. The molecule has 1 aromatic heterocycles. The molecule has 3 rings (SSSR count). The number of aromatic nitrogens is 2. The number of hydrogen-bond acceptors (Lipinski definition) is 6. The van der Waals surface area contributed by atoms with E-state index in [9.17, 15) is 9.35 Å². The number of ether oxygens (including phenoxy) is 2. The second kappa shape index (κ2) is 8.47. The first-order valence-electron chi connectivity index (χ1n) is 9.24. The number of carbonyl (C=O) groups is 1. The van der Waals surface area contributed by atoms with E-state index in [1.165, 1.54) is 0 Å². The number of benzene rings is 1. The Kier molecular flexibility index (Phi) is 6.38. The van der Waals surface area contributed by atoms with Crippen molar-refractivity contribution in [3.05, 3.63) is 46.2 Å². The van der Waals surface area contributed by atoms with Crippen LogP contribution in [0.15, 0.2) is 28.8 Å². The molecule has 1 atom stereocenters. The van der Waals surface area contributed by atoms with Crippen LogP contribution in [-0.4, -0.2) is 43.5 Å². The van der Waals surface area contributed by atoms with Crippen LogP contribution in [-0.2, 0) is 27.4 Å². The van der Waals surface area contributed by atoms with Crippen molar-refractivity contribution in [1.29, 1.82) is 0 Å². The number of rotatable bonds is 4. The molecule has 7 nitrogen and oxygen atoms in total. The van der Waals surface area contributed by atoms with Crippen molar-refractivity contribution in [2.45, 2.75) is 52.1 Å². The normalized spacial score (nSPS) is 16.8. The Labute approximate surface area is 178 Å². The zero-order valence-corrected chi connectivity index (χ0v) is 18.6. The van der Waals surface area contributed by atoms with Gasteiger partial charge in [-0.05, 0) is 46.8 Å². The van der Waals surface area contributed by atoms with Crippen LogP contribution in [0.5, 0.6) is 0 Å². The van der Waals surface area contributed by atoms with E-state index in [1.54, 1.807) is 42.9 Å². The zero-order valence-electron chi connectivity index (χ0n) is 17.1. The van der Waals surface area contributed by atoms with Gasteiger partial charge >= 0.3 is 5.97 Å². The van der Waals surface area contributed by atoms with Crippen LogP contribution >= 0.6 is 11.6 Å². The molecule has 9 heteroatoms. The Morgan fingerprint density at radius 2 is 2.10 bits per heavy atom. The Morgan fingerprint density at radius 3 is 2.76 bits per heavy atom. The first kappa shape index (κ1) is 21.8. The average Bonchev–Trinajstić information content (AvgIpc) is 3.05. The summed E-state index contributed by atoms with van der Waals surface area (Å²) in [6, 6.07) is 5.10. The zero-order chi connectivity index (χ0) is 21.3. The summed E-state index contributed by atoms with van der Waals surface area (Å²) in [6.07, 6.45) is 1.40. The molecule has 29 heavy (non-hydrogen) atoms. The lowest BCUT2D eigenvalue weighted by atomic mass is 10.1. The molecule has 0 amide bonds. The van der Waals surface area contributed by atoms with E-state index in [1.807, 2.05) is 20.8 Å². The first-order chi connectivity index (χ1) is 13.6. The van der Waals surface area contributed by atoms with Crippen LogP contribution in [0.3, 0.4) is 0 Å². The van der Waals surface area contributed by atoms with Crippen molar-refractivity contribution >= 4 is 34.6 Å². The van der Waals surface area contributed by atoms with Gasteiger partial charge in [0.05, 0.1) is 47.5 Å². The average molecular weight is 438 g/mol. The van der Waals surface area contributed by atoms with Gasteiger partial charge in [0.2, 0.25) is 0 Å². The van der Waals surface area contributed by atoms with Gasteiger partial charge in [0.25, 0.3) is 0 Å². The molecular formula is C20H24ClN3O4S. The largest absolute Gasteiger partial charge is 0.591 e. The smallest absolute Gasteiger partial charge is 0.339 e. The molecule has 0 N–H and O–H groups in total. The topological polar surface area (TPSA) is 88.8 Å². The quantitative estimate of drug-likeness (QED) is 0.535. The molecule has 1 aromatic carbocycles. The number of hydrogen-bond donors (Lipinski definition) is 0. The van der Waals surface area contributed by atoms with E-state index in [4.69, 9.17) is 21.1 Å². The number of carbonyl (C=O) groups excluding carboxylic acids is 1. The summed E-state index contributed by atoms with van der Waals surface area (Å²) in [4.78, 5) is 12.3. The summed E-state index contributed by atoms with van der Waals surface area (Å²) in [5, 5.41) is 4.67. The second-order valence-corrected chi connectivity index (χ2v) is 10.2. The van der Waals surface area contributed by atoms with E-state index in [2.05, 4.69) is 9.50 Å². The van der Waals surface area contributed by atoms with Gasteiger partial charge in [-0.25, -0.2) is 9.48 Å². The molecule has 0 spiro atoms. The molecular weight excluding hydrogens is 414 g/mol. The lowest BCUT2D eigenvalue weighted by Crippen LogP contribution is -2.29.